The van der Waals surface area contributed by atoms with Crippen LogP contribution in [-0.4, -0.2) is 29.1 Å². The Bertz CT molecular complexity index is 1000. The third-order valence-electron chi connectivity index (χ3n) is 4.08. The fourth-order valence-electron chi connectivity index (χ4n) is 2.72. The molecule has 1 N–H and O–H groups in total. The standard InChI is InChI=1S/C20H18FN3O4/c1-2-9-26-18-11-24(15-6-3-13(21)4-7-15)23-19(18)20(25)22-14-5-8-16-17(10-14)28-12-27-16/h3-8,10-11H,2,9,12H2,1H3,(H,22,25). The van der Waals surface area contributed by atoms with Crippen molar-refractivity contribution in [2.24, 2.45) is 0 Å². The average molecular weight is 383 g/mol. The van der Waals surface area contributed by atoms with E-state index in [0.29, 0.717) is 35.2 Å². The zero-order valence-electron chi connectivity index (χ0n) is 15.1. The van der Waals surface area contributed by atoms with Crippen molar-refractivity contribution in [1.82, 2.24) is 9.78 Å². The van der Waals surface area contributed by atoms with Gasteiger partial charge in [0, 0.05) is 11.8 Å². The number of nitrogens with one attached hydrogen (secondary N) is 1. The van der Waals surface area contributed by atoms with Crippen molar-refractivity contribution < 1.29 is 23.4 Å². The van der Waals surface area contributed by atoms with Gasteiger partial charge in [-0.2, -0.15) is 5.10 Å². The summed E-state index contributed by atoms with van der Waals surface area (Å²) in [5, 5.41) is 7.12. The first-order chi connectivity index (χ1) is 13.6. The maximum Gasteiger partial charge on any atom is 0.280 e. The van der Waals surface area contributed by atoms with Crippen LogP contribution in [-0.2, 0) is 0 Å². The second-order valence-electron chi connectivity index (χ2n) is 6.13. The molecule has 28 heavy (non-hydrogen) atoms. The van der Waals surface area contributed by atoms with Gasteiger partial charge in [0.05, 0.1) is 18.5 Å². The lowest BCUT2D eigenvalue weighted by Gasteiger charge is -2.06. The Hall–Kier alpha value is -3.55. The number of aromatic nitrogens is 2. The van der Waals surface area contributed by atoms with Crippen LogP contribution >= 0.6 is 0 Å². The Morgan fingerprint density at radius 2 is 2.00 bits per heavy atom. The molecule has 8 heteroatoms. The van der Waals surface area contributed by atoms with Gasteiger partial charge in [0.25, 0.3) is 5.91 Å². The van der Waals surface area contributed by atoms with Crippen LogP contribution in [0.1, 0.15) is 23.8 Å². The van der Waals surface area contributed by atoms with E-state index >= 15 is 0 Å². The number of anilines is 1. The van der Waals surface area contributed by atoms with E-state index in [-0.39, 0.29) is 18.3 Å². The summed E-state index contributed by atoms with van der Waals surface area (Å²) < 4.78 is 30.9. The molecule has 1 aliphatic rings. The SMILES string of the molecule is CCCOc1cn(-c2ccc(F)cc2)nc1C(=O)Nc1ccc2c(c1)OCO2. The summed E-state index contributed by atoms with van der Waals surface area (Å²) in [6.45, 7) is 2.57. The van der Waals surface area contributed by atoms with Crippen molar-refractivity contribution in [3.05, 3.63) is 60.2 Å². The molecule has 144 valence electrons. The molecule has 0 bridgehead atoms. The van der Waals surface area contributed by atoms with Gasteiger partial charge in [-0.1, -0.05) is 6.92 Å². The van der Waals surface area contributed by atoms with E-state index in [1.54, 1.807) is 36.5 Å². The van der Waals surface area contributed by atoms with Crippen molar-refractivity contribution in [2.45, 2.75) is 13.3 Å². The quantitative estimate of drug-likeness (QED) is 0.701. The molecule has 2 heterocycles. The van der Waals surface area contributed by atoms with Crippen LogP contribution < -0.4 is 19.5 Å². The van der Waals surface area contributed by atoms with E-state index in [4.69, 9.17) is 14.2 Å². The van der Waals surface area contributed by atoms with Crippen molar-refractivity contribution in [1.29, 1.82) is 0 Å². The number of nitrogens with zero attached hydrogens (tertiary/aromatic N) is 2. The molecule has 2 aromatic carbocycles. The molecule has 1 aliphatic heterocycles. The Balaban J connectivity index is 1.61. The molecule has 0 saturated heterocycles. The molecule has 4 rings (SSSR count). The highest BCUT2D eigenvalue weighted by atomic mass is 19.1. The Kier molecular flexibility index (Phi) is 4.84. The summed E-state index contributed by atoms with van der Waals surface area (Å²) in [5.41, 5.74) is 1.30. The Morgan fingerprint density at radius 1 is 1.21 bits per heavy atom. The van der Waals surface area contributed by atoms with Gasteiger partial charge in [0.2, 0.25) is 6.79 Å². The van der Waals surface area contributed by atoms with Crippen LogP contribution in [0.25, 0.3) is 5.69 Å². The van der Waals surface area contributed by atoms with Gasteiger partial charge in [0.1, 0.15) is 5.82 Å². The summed E-state index contributed by atoms with van der Waals surface area (Å²) in [7, 11) is 0. The van der Waals surface area contributed by atoms with E-state index in [9.17, 15) is 9.18 Å². The fraction of sp³-hybridized carbons (Fsp3) is 0.200. The van der Waals surface area contributed by atoms with Crippen molar-refractivity contribution in [3.8, 4) is 22.9 Å². The lowest BCUT2D eigenvalue weighted by Crippen LogP contribution is -2.14. The van der Waals surface area contributed by atoms with Gasteiger partial charge in [-0.3, -0.25) is 4.79 Å². The lowest BCUT2D eigenvalue weighted by molar-refractivity contribution is 0.101. The van der Waals surface area contributed by atoms with Gasteiger partial charge in [0.15, 0.2) is 22.9 Å². The monoisotopic (exact) mass is 383 g/mol. The van der Waals surface area contributed by atoms with E-state index in [2.05, 4.69) is 10.4 Å². The zero-order valence-corrected chi connectivity index (χ0v) is 15.1. The number of hydrogen-bond donors (Lipinski definition) is 1. The van der Waals surface area contributed by atoms with Gasteiger partial charge < -0.3 is 19.5 Å². The maximum absolute atomic E-state index is 13.2. The summed E-state index contributed by atoms with van der Waals surface area (Å²) in [4.78, 5) is 12.8. The Labute approximate surface area is 160 Å². The topological polar surface area (TPSA) is 74.6 Å². The van der Waals surface area contributed by atoms with E-state index < -0.39 is 5.91 Å². The van der Waals surface area contributed by atoms with E-state index in [0.717, 1.165) is 6.42 Å². The third kappa shape index (κ3) is 3.62. The Morgan fingerprint density at radius 3 is 2.79 bits per heavy atom. The van der Waals surface area contributed by atoms with Crippen LogP contribution in [0.3, 0.4) is 0 Å². The number of carbonyl (C=O) groups excluding carboxylic acids is 1. The van der Waals surface area contributed by atoms with E-state index in [1.807, 2.05) is 6.92 Å². The molecule has 0 spiro atoms. The predicted molar refractivity (Wildman–Crippen MR) is 99.8 cm³/mol. The van der Waals surface area contributed by atoms with Crippen LogP contribution in [0.15, 0.2) is 48.7 Å². The number of rotatable bonds is 6. The third-order valence-corrected chi connectivity index (χ3v) is 4.08. The highest BCUT2D eigenvalue weighted by molar-refractivity contribution is 6.04. The summed E-state index contributed by atoms with van der Waals surface area (Å²) in [5.74, 6) is 0.775. The number of amides is 1. The van der Waals surface area contributed by atoms with Crippen LogP contribution in [0.5, 0.6) is 17.2 Å². The molecule has 0 atom stereocenters. The first-order valence-corrected chi connectivity index (χ1v) is 8.83. The minimum atomic E-state index is -0.425. The number of halogens is 1. The second-order valence-corrected chi connectivity index (χ2v) is 6.13. The van der Waals surface area contributed by atoms with Crippen LogP contribution in [0.2, 0.25) is 0 Å². The molecule has 7 nitrogen and oxygen atoms in total. The highest BCUT2D eigenvalue weighted by Gasteiger charge is 2.21. The molecule has 0 radical (unpaired) electrons. The van der Waals surface area contributed by atoms with Crippen LogP contribution in [0, 0.1) is 5.82 Å². The van der Waals surface area contributed by atoms with Crippen molar-refractivity contribution in [3.63, 3.8) is 0 Å². The minimum Gasteiger partial charge on any atom is -0.489 e. The molecular weight excluding hydrogens is 365 g/mol. The largest absolute Gasteiger partial charge is 0.489 e. The van der Waals surface area contributed by atoms with Crippen LogP contribution in [0.4, 0.5) is 10.1 Å². The number of carbonyl (C=O) groups is 1. The van der Waals surface area contributed by atoms with Gasteiger partial charge in [-0.25, -0.2) is 9.07 Å². The molecule has 3 aromatic rings. The lowest BCUT2D eigenvalue weighted by atomic mass is 10.2. The maximum atomic E-state index is 13.2. The molecule has 0 unspecified atom stereocenters. The summed E-state index contributed by atoms with van der Waals surface area (Å²) in [6, 6.07) is 10.9. The van der Waals surface area contributed by atoms with Crippen molar-refractivity contribution >= 4 is 11.6 Å². The number of ether oxygens (including phenoxy) is 3. The fourth-order valence-corrected chi connectivity index (χ4v) is 2.72. The molecular formula is C20H18FN3O4. The number of fused-ring (bicyclic) bond motifs is 1. The van der Waals surface area contributed by atoms with Gasteiger partial charge in [-0.05, 0) is 42.8 Å². The highest BCUT2D eigenvalue weighted by Crippen LogP contribution is 2.34. The molecule has 0 fully saturated rings. The molecule has 1 aromatic heterocycles. The molecule has 0 aliphatic carbocycles. The first-order valence-electron chi connectivity index (χ1n) is 8.83. The molecule has 1 amide bonds. The molecule has 0 saturated carbocycles. The zero-order chi connectivity index (χ0) is 19.5. The summed E-state index contributed by atoms with van der Waals surface area (Å²) >= 11 is 0. The van der Waals surface area contributed by atoms with E-state index in [1.165, 1.54) is 16.8 Å². The first kappa shape index (κ1) is 17.8. The average Bonchev–Trinajstić information content (AvgIpc) is 3.33. The second kappa shape index (κ2) is 7.59. The predicted octanol–water partition coefficient (Wildman–Crippen LogP) is 3.78. The number of benzene rings is 2. The van der Waals surface area contributed by atoms with Crippen molar-refractivity contribution in [2.75, 3.05) is 18.7 Å². The minimum absolute atomic E-state index is 0.135. The smallest absolute Gasteiger partial charge is 0.280 e. The normalized spacial score (nSPS) is 12.1. The number of hydrogen-bond acceptors (Lipinski definition) is 5. The van der Waals surface area contributed by atoms with Gasteiger partial charge in [-0.15, -0.1) is 0 Å². The van der Waals surface area contributed by atoms with Gasteiger partial charge >= 0.3 is 0 Å². The summed E-state index contributed by atoms with van der Waals surface area (Å²) in [6.07, 6.45) is 2.39.